The fourth-order valence-electron chi connectivity index (χ4n) is 2.08. The van der Waals surface area contributed by atoms with Gasteiger partial charge >= 0.3 is 5.97 Å². The van der Waals surface area contributed by atoms with E-state index < -0.39 is 11.5 Å². The van der Waals surface area contributed by atoms with E-state index in [0.717, 1.165) is 0 Å². The summed E-state index contributed by atoms with van der Waals surface area (Å²) < 4.78 is 5.12. The van der Waals surface area contributed by atoms with Crippen LogP contribution in [0, 0.1) is 0 Å². The first-order chi connectivity index (χ1) is 7.54. The van der Waals surface area contributed by atoms with Crippen molar-refractivity contribution in [3.05, 3.63) is 0 Å². The summed E-state index contributed by atoms with van der Waals surface area (Å²) in [6.45, 7) is 1.76. The van der Waals surface area contributed by atoms with Crippen molar-refractivity contribution in [1.82, 2.24) is 4.90 Å². The number of carbonyl (C=O) groups excluding carboxylic acids is 1. The number of amides is 1. The van der Waals surface area contributed by atoms with Crippen molar-refractivity contribution in [2.75, 3.05) is 26.4 Å². The van der Waals surface area contributed by atoms with Crippen molar-refractivity contribution < 1.29 is 24.5 Å². The van der Waals surface area contributed by atoms with E-state index >= 15 is 0 Å². The summed E-state index contributed by atoms with van der Waals surface area (Å²) in [4.78, 5) is 24.1. The van der Waals surface area contributed by atoms with Crippen LogP contribution in [0.2, 0.25) is 0 Å². The Morgan fingerprint density at radius 3 is 2.31 bits per heavy atom. The van der Waals surface area contributed by atoms with Crippen LogP contribution in [0.4, 0.5) is 0 Å². The van der Waals surface area contributed by atoms with Crippen LogP contribution in [0.1, 0.15) is 19.8 Å². The Morgan fingerprint density at radius 2 is 1.94 bits per heavy atom. The fourth-order valence-corrected chi connectivity index (χ4v) is 2.08. The molecule has 6 nitrogen and oxygen atoms in total. The highest BCUT2D eigenvalue weighted by atomic mass is 16.5. The van der Waals surface area contributed by atoms with Gasteiger partial charge in [0.25, 0.3) is 0 Å². The summed E-state index contributed by atoms with van der Waals surface area (Å²) in [6, 6.07) is 0. The summed E-state index contributed by atoms with van der Waals surface area (Å²) in [7, 11) is 0. The van der Waals surface area contributed by atoms with E-state index in [1.54, 1.807) is 0 Å². The van der Waals surface area contributed by atoms with Crippen molar-refractivity contribution in [2.24, 2.45) is 0 Å². The van der Waals surface area contributed by atoms with Crippen LogP contribution in [0.15, 0.2) is 0 Å². The minimum atomic E-state index is -1.22. The highest BCUT2D eigenvalue weighted by Gasteiger charge is 2.46. The molecule has 0 atom stereocenters. The van der Waals surface area contributed by atoms with E-state index in [4.69, 9.17) is 9.84 Å². The number of aliphatic carboxylic acids is 1. The lowest BCUT2D eigenvalue weighted by atomic mass is 9.88. The number of carboxylic acids is 1. The molecule has 0 radical (unpaired) electrons. The van der Waals surface area contributed by atoms with Crippen LogP contribution >= 0.6 is 0 Å². The smallest absolute Gasteiger partial charge is 0.329 e. The maximum absolute atomic E-state index is 11.5. The molecule has 92 valence electrons. The van der Waals surface area contributed by atoms with Crippen molar-refractivity contribution in [2.45, 2.75) is 25.3 Å². The first-order valence-electron chi connectivity index (χ1n) is 5.25. The van der Waals surface area contributed by atoms with Crippen molar-refractivity contribution >= 4 is 11.9 Å². The average Bonchev–Trinajstić information content (AvgIpc) is 2.26. The molecule has 1 aliphatic heterocycles. The van der Waals surface area contributed by atoms with Crippen LogP contribution in [-0.2, 0) is 14.3 Å². The van der Waals surface area contributed by atoms with Crippen LogP contribution in [-0.4, -0.2) is 58.9 Å². The first kappa shape index (κ1) is 12.9. The Labute approximate surface area is 93.8 Å². The van der Waals surface area contributed by atoms with E-state index in [1.165, 1.54) is 11.8 Å². The number of carboxylic acid groups (broad SMARTS) is 1. The molecular weight excluding hydrogens is 214 g/mol. The van der Waals surface area contributed by atoms with E-state index in [0.29, 0.717) is 13.2 Å². The maximum atomic E-state index is 11.5. The molecule has 1 saturated heterocycles. The third kappa shape index (κ3) is 2.33. The summed E-state index contributed by atoms with van der Waals surface area (Å²) in [6.07, 6.45) is 0.532. The van der Waals surface area contributed by atoms with E-state index in [2.05, 4.69) is 0 Å². The summed E-state index contributed by atoms with van der Waals surface area (Å²) in [5, 5.41) is 18.2. The topological polar surface area (TPSA) is 87.1 Å². The zero-order valence-corrected chi connectivity index (χ0v) is 9.31. The van der Waals surface area contributed by atoms with Gasteiger partial charge in [-0.2, -0.15) is 0 Å². The third-order valence-electron chi connectivity index (χ3n) is 2.94. The lowest BCUT2D eigenvalue weighted by molar-refractivity contribution is -0.166. The molecule has 0 bridgehead atoms. The molecular formula is C10H17NO5. The van der Waals surface area contributed by atoms with Gasteiger partial charge in [-0.1, -0.05) is 0 Å². The summed E-state index contributed by atoms with van der Waals surface area (Å²) in [5.74, 6) is -1.36. The zero-order chi connectivity index (χ0) is 12.2. The maximum Gasteiger partial charge on any atom is 0.329 e. The van der Waals surface area contributed by atoms with Crippen LogP contribution in [0.25, 0.3) is 0 Å². The van der Waals surface area contributed by atoms with Crippen LogP contribution in [0.3, 0.4) is 0 Å². The predicted molar refractivity (Wildman–Crippen MR) is 54.9 cm³/mol. The van der Waals surface area contributed by atoms with Gasteiger partial charge in [-0.25, -0.2) is 4.79 Å². The van der Waals surface area contributed by atoms with Crippen molar-refractivity contribution in [3.8, 4) is 0 Å². The normalized spacial score (nSPS) is 19.1. The Morgan fingerprint density at radius 1 is 1.38 bits per heavy atom. The van der Waals surface area contributed by atoms with E-state index in [1.807, 2.05) is 0 Å². The molecule has 1 amide bonds. The number of nitrogens with zero attached hydrogens (tertiary/aromatic N) is 1. The number of hydrogen-bond acceptors (Lipinski definition) is 4. The number of ether oxygens (including phenoxy) is 1. The molecule has 0 aromatic carbocycles. The van der Waals surface area contributed by atoms with E-state index in [9.17, 15) is 14.7 Å². The standard InChI is InChI=1S/C10H17NO5/c1-8(13)11(4-5-12)10(9(14)15)2-6-16-7-3-10/h12H,2-7H2,1H3,(H,14,15). The molecule has 1 heterocycles. The molecule has 0 unspecified atom stereocenters. The zero-order valence-electron chi connectivity index (χ0n) is 9.31. The number of aliphatic hydroxyl groups is 1. The molecule has 16 heavy (non-hydrogen) atoms. The fraction of sp³-hybridized carbons (Fsp3) is 0.800. The molecule has 0 spiro atoms. The lowest BCUT2D eigenvalue weighted by Gasteiger charge is -2.42. The molecule has 0 aliphatic carbocycles. The largest absolute Gasteiger partial charge is 0.479 e. The van der Waals surface area contributed by atoms with Crippen molar-refractivity contribution in [1.29, 1.82) is 0 Å². The number of β-amino-alcohol motifs (C(OH)–C–C–N with tert-alkyl or cyclic N) is 1. The SMILES string of the molecule is CC(=O)N(CCO)C1(C(=O)O)CCOCC1. The van der Waals surface area contributed by atoms with Gasteiger partial charge in [-0.05, 0) is 0 Å². The predicted octanol–water partition coefficient (Wildman–Crippen LogP) is -0.539. The monoisotopic (exact) mass is 231 g/mol. The van der Waals surface area contributed by atoms with Crippen LogP contribution < -0.4 is 0 Å². The van der Waals surface area contributed by atoms with E-state index in [-0.39, 0.29) is 31.9 Å². The number of carbonyl (C=O) groups is 2. The molecule has 6 heteroatoms. The van der Waals surface area contributed by atoms with Gasteiger partial charge in [0, 0.05) is 39.5 Å². The van der Waals surface area contributed by atoms with Gasteiger partial charge < -0.3 is 19.8 Å². The van der Waals surface area contributed by atoms with Gasteiger partial charge in [0.15, 0.2) is 0 Å². The average molecular weight is 231 g/mol. The highest BCUT2D eigenvalue weighted by Crippen LogP contribution is 2.28. The van der Waals surface area contributed by atoms with Gasteiger partial charge in [0.1, 0.15) is 5.54 Å². The first-order valence-corrected chi connectivity index (χ1v) is 5.25. The molecule has 0 aromatic heterocycles. The van der Waals surface area contributed by atoms with Gasteiger partial charge in [0.2, 0.25) is 5.91 Å². The molecule has 1 fully saturated rings. The summed E-state index contributed by atoms with van der Waals surface area (Å²) in [5.41, 5.74) is -1.22. The second-order valence-electron chi connectivity index (χ2n) is 3.84. The number of rotatable bonds is 4. The van der Waals surface area contributed by atoms with Crippen molar-refractivity contribution in [3.63, 3.8) is 0 Å². The second-order valence-corrected chi connectivity index (χ2v) is 3.84. The Balaban J connectivity index is 2.96. The quantitative estimate of drug-likeness (QED) is 0.678. The molecule has 0 aromatic rings. The Kier molecular flexibility index (Phi) is 4.26. The lowest BCUT2D eigenvalue weighted by Crippen LogP contribution is -2.60. The molecule has 0 saturated carbocycles. The van der Waals surface area contributed by atoms with Gasteiger partial charge in [-0.15, -0.1) is 0 Å². The molecule has 1 aliphatic rings. The minimum Gasteiger partial charge on any atom is -0.479 e. The highest BCUT2D eigenvalue weighted by molar-refractivity contribution is 5.86. The summed E-state index contributed by atoms with van der Waals surface area (Å²) >= 11 is 0. The Bertz CT molecular complexity index is 272. The van der Waals surface area contributed by atoms with Gasteiger partial charge in [-0.3, -0.25) is 4.79 Å². The minimum absolute atomic E-state index is 0.0433. The second kappa shape index (κ2) is 5.27. The molecule has 2 N–H and O–H groups in total. The Hall–Kier alpha value is -1.14. The molecule has 1 rings (SSSR count). The number of hydrogen-bond donors (Lipinski definition) is 2. The van der Waals surface area contributed by atoms with Gasteiger partial charge in [0.05, 0.1) is 6.61 Å². The third-order valence-corrected chi connectivity index (χ3v) is 2.94. The van der Waals surface area contributed by atoms with Crippen LogP contribution in [0.5, 0.6) is 0 Å². The number of aliphatic hydroxyl groups excluding tert-OH is 1.